The van der Waals surface area contributed by atoms with Crippen molar-refractivity contribution >= 4 is 18.0 Å². The van der Waals surface area contributed by atoms with Crippen LogP contribution < -0.4 is 5.32 Å². The summed E-state index contributed by atoms with van der Waals surface area (Å²) in [5, 5.41) is 12.0. The predicted octanol–water partition coefficient (Wildman–Crippen LogP) is 1.94. The smallest absolute Gasteiger partial charge is 0.408 e. The molecule has 1 heterocycles. The minimum atomic E-state index is -1.06. The third-order valence-electron chi connectivity index (χ3n) is 3.92. The molecule has 1 aromatic carbocycles. The van der Waals surface area contributed by atoms with Gasteiger partial charge in [0.2, 0.25) is 5.91 Å². The molecule has 0 saturated carbocycles. The number of carboxylic acid groups (broad SMARTS) is 1. The molecule has 2 atom stereocenters. The summed E-state index contributed by atoms with van der Waals surface area (Å²) in [5.41, 5.74) is 1.16. The van der Waals surface area contributed by atoms with Crippen molar-refractivity contribution < 1.29 is 24.2 Å². The number of nitrogens with zero attached hydrogens (tertiary/aromatic N) is 1. The van der Waals surface area contributed by atoms with Crippen molar-refractivity contribution in [1.82, 2.24) is 10.2 Å². The second-order valence-electron chi connectivity index (χ2n) is 7.16. The molecular weight excluding hydrogens is 324 g/mol. The number of ether oxygens (including phenoxy) is 1. The molecule has 2 amide bonds. The van der Waals surface area contributed by atoms with Gasteiger partial charge in [0.05, 0.1) is 0 Å². The Hall–Kier alpha value is -2.57. The zero-order valence-electron chi connectivity index (χ0n) is 14.9. The van der Waals surface area contributed by atoms with E-state index in [0.717, 1.165) is 11.1 Å². The van der Waals surface area contributed by atoms with Crippen molar-refractivity contribution in [2.24, 2.45) is 0 Å². The highest BCUT2D eigenvalue weighted by molar-refractivity contribution is 5.89. The molecule has 0 radical (unpaired) electrons. The maximum absolute atomic E-state index is 12.7. The number of benzene rings is 1. The van der Waals surface area contributed by atoms with Crippen LogP contribution in [0.3, 0.4) is 0 Å². The van der Waals surface area contributed by atoms with E-state index in [1.807, 2.05) is 24.3 Å². The first-order chi connectivity index (χ1) is 11.6. The Kier molecular flexibility index (Phi) is 5.35. The van der Waals surface area contributed by atoms with E-state index in [9.17, 15) is 19.5 Å². The van der Waals surface area contributed by atoms with Gasteiger partial charge in [-0.25, -0.2) is 9.59 Å². The molecule has 1 aromatic rings. The van der Waals surface area contributed by atoms with Crippen LogP contribution >= 0.6 is 0 Å². The van der Waals surface area contributed by atoms with Gasteiger partial charge in [-0.2, -0.15) is 0 Å². The number of hydrogen-bond acceptors (Lipinski definition) is 4. The van der Waals surface area contributed by atoms with Gasteiger partial charge >= 0.3 is 12.1 Å². The Morgan fingerprint density at radius 2 is 1.84 bits per heavy atom. The second-order valence-corrected chi connectivity index (χ2v) is 7.16. The number of rotatable bonds is 3. The summed E-state index contributed by atoms with van der Waals surface area (Å²) in [5.74, 6) is -1.51. The van der Waals surface area contributed by atoms with Gasteiger partial charge in [-0.3, -0.25) is 4.79 Å². The second kappa shape index (κ2) is 7.13. The zero-order chi connectivity index (χ0) is 18.8. The topological polar surface area (TPSA) is 95.9 Å². The van der Waals surface area contributed by atoms with Gasteiger partial charge in [-0.15, -0.1) is 0 Å². The zero-order valence-corrected chi connectivity index (χ0v) is 14.9. The number of amides is 2. The summed E-state index contributed by atoms with van der Waals surface area (Å²) >= 11 is 0. The van der Waals surface area contributed by atoms with Crippen molar-refractivity contribution in [2.75, 3.05) is 0 Å². The van der Waals surface area contributed by atoms with Crippen molar-refractivity contribution in [3.05, 3.63) is 35.4 Å². The molecule has 0 spiro atoms. The van der Waals surface area contributed by atoms with Gasteiger partial charge in [0.15, 0.2) is 0 Å². The van der Waals surface area contributed by atoms with Gasteiger partial charge in [0.25, 0.3) is 0 Å². The summed E-state index contributed by atoms with van der Waals surface area (Å²) < 4.78 is 5.14. The molecule has 2 rings (SSSR count). The number of carboxylic acids is 1. The summed E-state index contributed by atoms with van der Waals surface area (Å²) in [6, 6.07) is 5.61. The quantitative estimate of drug-likeness (QED) is 0.870. The number of fused-ring (bicyclic) bond motifs is 1. The standard InChI is InChI=1S/C18H24N2O5/c1-11(19-17(24)25-18(2,3)4)15(21)20-10-13-8-6-5-7-12(13)9-14(20)16(22)23/h5-8,11,14H,9-10H2,1-4H3,(H,19,24)(H,22,23)/t11-,14?/m0/s1. The number of carbonyl (C=O) groups excluding carboxylic acids is 2. The van der Waals surface area contributed by atoms with Crippen molar-refractivity contribution in [1.29, 1.82) is 0 Å². The summed E-state index contributed by atoms with van der Waals surface area (Å²) in [7, 11) is 0. The number of alkyl carbamates (subject to hydrolysis) is 1. The highest BCUT2D eigenvalue weighted by Gasteiger charge is 2.36. The number of nitrogens with one attached hydrogen (secondary N) is 1. The molecule has 1 unspecified atom stereocenters. The summed E-state index contributed by atoms with van der Waals surface area (Å²) in [6.45, 7) is 6.89. The van der Waals surface area contributed by atoms with Gasteiger partial charge in [-0.1, -0.05) is 24.3 Å². The minimum absolute atomic E-state index is 0.201. The van der Waals surface area contributed by atoms with Crippen molar-refractivity contribution in [3.8, 4) is 0 Å². The monoisotopic (exact) mass is 348 g/mol. The Balaban J connectivity index is 2.13. The molecule has 25 heavy (non-hydrogen) atoms. The molecule has 7 nitrogen and oxygen atoms in total. The van der Waals surface area contributed by atoms with Gasteiger partial charge in [-0.05, 0) is 38.8 Å². The van der Waals surface area contributed by atoms with Crippen molar-refractivity contribution in [2.45, 2.75) is 58.3 Å². The summed E-state index contributed by atoms with van der Waals surface area (Å²) in [6.07, 6.45) is -0.464. The van der Waals surface area contributed by atoms with E-state index in [-0.39, 0.29) is 13.0 Å². The van der Waals surface area contributed by atoms with Gasteiger partial charge < -0.3 is 20.1 Å². The Morgan fingerprint density at radius 1 is 1.24 bits per heavy atom. The maximum Gasteiger partial charge on any atom is 0.408 e. The van der Waals surface area contributed by atoms with Crippen LogP contribution in [0.2, 0.25) is 0 Å². The normalized spacial score (nSPS) is 18.1. The van der Waals surface area contributed by atoms with E-state index < -0.39 is 35.7 Å². The minimum Gasteiger partial charge on any atom is -0.480 e. The van der Waals surface area contributed by atoms with E-state index in [2.05, 4.69) is 5.32 Å². The lowest BCUT2D eigenvalue weighted by Crippen LogP contribution is -2.55. The molecule has 1 aliphatic rings. The average molecular weight is 348 g/mol. The SMILES string of the molecule is C[C@H](NC(=O)OC(C)(C)C)C(=O)N1Cc2ccccc2CC1C(=O)O. The first kappa shape index (κ1) is 18.8. The van der Waals surface area contributed by atoms with Crippen LogP contribution in [-0.2, 0) is 27.3 Å². The molecule has 1 aliphatic heterocycles. The molecule has 0 fully saturated rings. The lowest BCUT2D eigenvalue weighted by Gasteiger charge is -2.36. The van der Waals surface area contributed by atoms with E-state index in [1.54, 1.807) is 20.8 Å². The molecule has 7 heteroatoms. The first-order valence-electron chi connectivity index (χ1n) is 8.18. The highest BCUT2D eigenvalue weighted by Crippen LogP contribution is 2.24. The Labute approximate surface area is 147 Å². The average Bonchev–Trinajstić information content (AvgIpc) is 2.50. The van der Waals surface area contributed by atoms with E-state index in [4.69, 9.17) is 4.74 Å². The Morgan fingerprint density at radius 3 is 2.40 bits per heavy atom. The lowest BCUT2D eigenvalue weighted by molar-refractivity contribution is -0.152. The maximum atomic E-state index is 12.7. The van der Waals surface area contributed by atoms with Crippen LogP contribution in [0.5, 0.6) is 0 Å². The molecular formula is C18H24N2O5. The summed E-state index contributed by atoms with van der Waals surface area (Å²) in [4.78, 5) is 37.5. The van der Waals surface area contributed by atoms with E-state index >= 15 is 0 Å². The fourth-order valence-electron chi connectivity index (χ4n) is 2.77. The molecule has 136 valence electrons. The van der Waals surface area contributed by atoms with Crippen LogP contribution in [0.4, 0.5) is 4.79 Å². The first-order valence-corrected chi connectivity index (χ1v) is 8.18. The fraction of sp³-hybridized carbons (Fsp3) is 0.500. The Bertz CT molecular complexity index is 680. The lowest BCUT2D eigenvalue weighted by atomic mass is 9.93. The molecule has 2 N–H and O–H groups in total. The number of carbonyl (C=O) groups is 3. The van der Waals surface area contributed by atoms with E-state index in [0.29, 0.717) is 0 Å². The largest absolute Gasteiger partial charge is 0.480 e. The van der Waals surface area contributed by atoms with Gasteiger partial charge in [0, 0.05) is 13.0 Å². The number of aliphatic carboxylic acids is 1. The third kappa shape index (κ3) is 4.71. The van der Waals surface area contributed by atoms with Gasteiger partial charge in [0.1, 0.15) is 17.7 Å². The third-order valence-corrected chi connectivity index (χ3v) is 3.92. The van der Waals surface area contributed by atoms with E-state index in [1.165, 1.54) is 11.8 Å². The van der Waals surface area contributed by atoms with Crippen LogP contribution in [-0.4, -0.2) is 45.7 Å². The van der Waals surface area contributed by atoms with Crippen LogP contribution in [0, 0.1) is 0 Å². The van der Waals surface area contributed by atoms with Crippen LogP contribution in [0.15, 0.2) is 24.3 Å². The molecule has 0 aliphatic carbocycles. The fourth-order valence-corrected chi connectivity index (χ4v) is 2.77. The van der Waals surface area contributed by atoms with Crippen LogP contribution in [0.1, 0.15) is 38.8 Å². The van der Waals surface area contributed by atoms with Crippen molar-refractivity contribution in [3.63, 3.8) is 0 Å². The predicted molar refractivity (Wildman–Crippen MR) is 91.0 cm³/mol. The molecule has 0 aromatic heterocycles. The molecule has 0 saturated heterocycles. The molecule has 0 bridgehead atoms. The number of hydrogen-bond donors (Lipinski definition) is 2. The highest BCUT2D eigenvalue weighted by atomic mass is 16.6. The van der Waals surface area contributed by atoms with Crippen LogP contribution in [0.25, 0.3) is 0 Å².